The first kappa shape index (κ1) is 19.2. The third kappa shape index (κ3) is 3.40. The number of ether oxygens (including phenoxy) is 2. The van der Waals surface area contributed by atoms with Crippen LogP contribution in [0.3, 0.4) is 0 Å². The smallest absolute Gasteiger partial charge is 0.439 e. The number of halogens is 1. The Labute approximate surface area is 174 Å². The molecule has 2 fully saturated rings. The van der Waals surface area contributed by atoms with E-state index in [4.69, 9.17) is 25.6 Å². The zero-order valence-electron chi connectivity index (χ0n) is 16.5. The van der Waals surface area contributed by atoms with Crippen LogP contribution in [0, 0.1) is 11.8 Å². The average Bonchev–Trinajstić information content (AvgIpc) is 3.21. The minimum Gasteiger partial charge on any atom is -0.457 e. The molecule has 2 saturated carbocycles. The molecular formula is C22H27ClN2O4. The van der Waals surface area contributed by atoms with Crippen molar-refractivity contribution in [2.24, 2.45) is 11.8 Å². The summed E-state index contributed by atoms with van der Waals surface area (Å²) < 4.78 is 17.8. The summed E-state index contributed by atoms with van der Waals surface area (Å²) in [4.78, 5) is 14.2. The van der Waals surface area contributed by atoms with Crippen molar-refractivity contribution in [2.75, 3.05) is 0 Å². The number of hydrogen-bond acceptors (Lipinski definition) is 5. The molecule has 0 bridgehead atoms. The first-order chi connectivity index (χ1) is 14.2. The van der Waals surface area contributed by atoms with Crippen LogP contribution in [0.25, 0.3) is 0 Å². The highest BCUT2D eigenvalue weighted by Crippen LogP contribution is 2.58. The Bertz CT molecular complexity index is 894. The van der Waals surface area contributed by atoms with Crippen molar-refractivity contribution in [1.82, 2.24) is 10.1 Å². The molecule has 1 aliphatic heterocycles. The van der Waals surface area contributed by atoms with E-state index in [0.717, 1.165) is 37.0 Å². The van der Waals surface area contributed by atoms with Crippen molar-refractivity contribution in [2.45, 2.75) is 76.1 Å². The molecule has 7 heteroatoms. The van der Waals surface area contributed by atoms with Gasteiger partial charge in [-0.3, -0.25) is 9.51 Å². The highest BCUT2D eigenvalue weighted by atomic mass is 35.5. The summed E-state index contributed by atoms with van der Waals surface area (Å²) in [6.45, 7) is 0. The number of fused-ring (bicyclic) bond motifs is 1. The van der Waals surface area contributed by atoms with Gasteiger partial charge in [-0.15, -0.1) is 0 Å². The lowest BCUT2D eigenvalue weighted by molar-refractivity contribution is -0.257. The molecule has 0 spiro atoms. The van der Waals surface area contributed by atoms with E-state index in [2.05, 4.69) is 10.1 Å². The van der Waals surface area contributed by atoms with Gasteiger partial charge in [-0.1, -0.05) is 55.3 Å². The molecule has 1 atom stereocenters. The summed E-state index contributed by atoms with van der Waals surface area (Å²) >= 11 is 6.45. The van der Waals surface area contributed by atoms with Crippen LogP contribution >= 0.6 is 11.6 Å². The lowest BCUT2D eigenvalue weighted by Gasteiger charge is -2.52. The Morgan fingerprint density at radius 3 is 2.24 bits per heavy atom. The molecule has 1 unspecified atom stereocenters. The Kier molecular flexibility index (Phi) is 5.16. The molecule has 6 nitrogen and oxygen atoms in total. The maximum absolute atomic E-state index is 11.6. The summed E-state index contributed by atoms with van der Waals surface area (Å²) in [5.41, 5.74) is 0.575. The first-order valence-electron chi connectivity index (χ1n) is 10.9. The van der Waals surface area contributed by atoms with Gasteiger partial charge in [0.15, 0.2) is 0 Å². The highest BCUT2D eigenvalue weighted by Gasteiger charge is 2.54. The predicted molar refractivity (Wildman–Crippen MR) is 108 cm³/mol. The Morgan fingerprint density at radius 1 is 1.00 bits per heavy atom. The summed E-state index contributed by atoms with van der Waals surface area (Å²) in [7, 11) is 0. The van der Waals surface area contributed by atoms with Crippen LogP contribution in [-0.4, -0.2) is 10.1 Å². The Morgan fingerprint density at radius 2 is 1.66 bits per heavy atom. The Balaban J connectivity index is 1.66. The van der Waals surface area contributed by atoms with Crippen LogP contribution in [0.1, 0.15) is 81.9 Å². The first-order valence-corrected chi connectivity index (χ1v) is 11.2. The maximum atomic E-state index is 11.6. The van der Waals surface area contributed by atoms with Crippen LogP contribution in [0.15, 0.2) is 27.5 Å². The van der Waals surface area contributed by atoms with Gasteiger partial charge in [-0.05, 0) is 55.7 Å². The van der Waals surface area contributed by atoms with Crippen LogP contribution in [-0.2, 0) is 10.3 Å². The summed E-state index contributed by atoms with van der Waals surface area (Å²) in [6, 6.07) is 5.80. The van der Waals surface area contributed by atoms with Crippen LogP contribution in [0.5, 0.6) is 5.75 Å². The van der Waals surface area contributed by atoms with Crippen LogP contribution in [0.2, 0.25) is 5.02 Å². The fraction of sp³-hybridized carbons (Fsp3) is 0.636. The van der Waals surface area contributed by atoms with Crippen molar-refractivity contribution in [3.05, 3.63) is 45.2 Å². The third-order valence-electron chi connectivity index (χ3n) is 7.00. The topological polar surface area (TPSA) is 77.4 Å². The summed E-state index contributed by atoms with van der Waals surface area (Å²) in [5, 5.41) is 4.56. The standard InChI is InChI=1S/C22H27ClN2O4/c23-16-11-12-18-17(13-16)22(14-7-3-1-4-8-14,15-9-5-2-6-10-15)28-20(27-18)19-24-21(26)29-25-19/h11-15,20H,1-10H2,(H,24,25,26). The number of nitrogens with one attached hydrogen (secondary N) is 1. The van der Waals surface area contributed by atoms with Gasteiger partial charge in [0.05, 0.1) is 0 Å². The predicted octanol–water partition coefficient (Wildman–Crippen LogP) is 5.48. The van der Waals surface area contributed by atoms with Gasteiger partial charge in [0, 0.05) is 10.6 Å². The molecule has 2 aliphatic carbocycles. The molecule has 156 valence electrons. The van der Waals surface area contributed by atoms with Gasteiger partial charge in [-0.25, -0.2) is 4.79 Å². The van der Waals surface area contributed by atoms with Crippen molar-refractivity contribution in [3.63, 3.8) is 0 Å². The van der Waals surface area contributed by atoms with Crippen LogP contribution in [0.4, 0.5) is 0 Å². The number of H-pyrrole nitrogens is 1. The molecule has 0 amide bonds. The number of benzene rings is 1. The quantitative estimate of drug-likeness (QED) is 0.714. The largest absolute Gasteiger partial charge is 0.457 e. The fourth-order valence-corrected chi connectivity index (χ4v) is 5.95. The number of rotatable bonds is 3. The lowest BCUT2D eigenvalue weighted by Crippen LogP contribution is -2.50. The van der Waals surface area contributed by atoms with E-state index in [9.17, 15) is 4.79 Å². The number of nitrogens with zero attached hydrogens (tertiary/aromatic N) is 1. The van der Waals surface area contributed by atoms with Gasteiger partial charge >= 0.3 is 5.76 Å². The highest BCUT2D eigenvalue weighted by molar-refractivity contribution is 6.30. The van der Waals surface area contributed by atoms with Gasteiger partial charge in [0.2, 0.25) is 5.82 Å². The van der Waals surface area contributed by atoms with Crippen molar-refractivity contribution in [1.29, 1.82) is 0 Å². The van der Waals surface area contributed by atoms with Gasteiger partial charge in [0.25, 0.3) is 6.29 Å². The maximum Gasteiger partial charge on any atom is 0.439 e. The van der Waals surface area contributed by atoms with E-state index in [0.29, 0.717) is 16.9 Å². The molecule has 0 radical (unpaired) electrons. The van der Waals surface area contributed by atoms with E-state index in [1.165, 1.54) is 38.5 Å². The molecule has 0 saturated heterocycles. The zero-order chi connectivity index (χ0) is 19.8. The Hall–Kier alpha value is -1.79. The van der Waals surface area contributed by atoms with Crippen LogP contribution < -0.4 is 10.5 Å². The molecule has 1 N–H and O–H groups in total. The molecule has 3 aliphatic rings. The molecule has 29 heavy (non-hydrogen) atoms. The molecular weight excluding hydrogens is 392 g/mol. The van der Waals surface area contributed by atoms with E-state index in [-0.39, 0.29) is 5.82 Å². The molecule has 2 aromatic rings. The summed E-state index contributed by atoms with van der Waals surface area (Å²) in [5.74, 6) is 1.23. The number of hydrogen-bond donors (Lipinski definition) is 1. The van der Waals surface area contributed by atoms with Crippen molar-refractivity contribution < 1.29 is 14.0 Å². The fourth-order valence-electron chi connectivity index (χ4n) is 5.77. The summed E-state index contributed by atoms with van der Waals surface area (Å²) in [6.07, 6.45) is 11.1. The number of aromatic nitrogens is 2. The number of aromatic amines is 1. The second kappa shape index (κ2) is 7.80. The molecule has 1 aromatic heterocycles. The zero-order valence-corrected chi connectivity index (χ0v) is 17.2. The molecule has 5 rings (SSSR count). The van der Waals surface area contributed by atoms with Gasteiger partial charge in [-0.2, -0.15) is 0 Å². The van der Waals surface area contributed by atoms with E-state index < -0.39 is 17.6 Å². The van der Waals surface area contributed by atoms with Gasteiger partial charge < -0.3 is 9.47 Å². The van der Waals surface area contributed by atoms with E-state index in [1.54, 1.807) is 0 Å². The normalized spacial score (nSPS) is 25.3. The van der Waals surface area contributed by atoms with Crippen molar-refractivity contribution >= 4 is 11.6 Å². The van der Waals surface area contributed by atoms with E-state index >= 15 is 0 Å². The van der Waals surface area contributed by atoms with Crippen molar-refractivity contribution in [3.8, 4) is 5.75 Å². The van der Waals surface area contributed by atoms with Gasteiger partial charge in [0.1, 0.15) is 11.4 Å². The van der Waals surface area contributed by atoms with E-state index in [1.807, 2.05) is 18.2 Å². The minimum absolute atomic E-state index is 0.284. The monoisotopic (exact) mass is 418 g/mol. The minimum atomic E-state index is -0.793. The average molecular weight is 419 g/mol. The SMILES string of the molecule is O=c1[nH]c(C2Oc3ccc(Cl)cc3C(C3CCCCC3)(C3CCCCC3)O2)no1. The second-order valence-corrected chi connectivity index (χ2v) is 9.09. The molecule has 1 aromatic carbocycles. The lowest BCUT2D eigenvalue weighted by atomic mass is 9.63. The molecule has 2 heterocycles. The third-order valence-corrected chi connectivity index (χ3v) is 7.24. The second-order valence-electron chi connectivity index (χ2n) is 8.65.